The molecule has 1 aliphatic rings. The predicted molar refractivity (Wildman–Crippen MR) is 98.3 cm³/mol. The number of anilines is 1. The molecule has 2 aromatic rings. The number of carbonyl (C=O) groups excluding carboxylic acids is 3. The minimum atomic E-state index is -0.812. The van der Waals surface area contributed by atoms with Crippen LogP contribution in [0.1, 0.15) is 11.4 Å². The molecule has 9 heteroatoms. The van der Waals surface area contributed by atoms with E-state index < -0.39 is 23.8 Å². The molecule has 2 heterocycles. The number of aromatic nitrogens is 1. The Labute approximate surface area is 159 Å². The summed E-state index contributed by atoms with van der Waals surface area (Å²) in [5.41, 5.74) is 0.641. The van der Waals surface area contributed by atoms with E-state index in [4.69, 9.17) is 0 Å². The van der Waals surface area contributed by atoms with Gasteiger partial charge in [-0.25, -0.2) is 4.98 Å². The Balaban J connectivity index is 1.59. The Morgan fingerprint density at radius 1 is 1.30 bits per heavy atom. The van der Waals surface area contributed by atoms with E-state index in [1.54, 1.807) is 35.8 Å². The quantitative estimate of drug-likeness (QED) is 0.768. The molecule has 1 aliphatic heterocycles. The minimum absolute atomic E-state index is 0.0282. The van der Waals surface area contributed by atoms with Gasteiger partial charge in [0.1, 0.15) is 11.0 Å². The second-order valence-electron chi connectivity index (χ2n) is 6.00. The van der Waals surface area contributed by atoms with Gasteiger partial charge in [0.05, 0.1) is 18.5 Å². The molecular formula is C18H17N5O3S. The highest BCUT2D eigenvalue weighted by atomic mass is 32.1. The molecule has 0 bridgehead atoms. The van der Waals surface area contributed by atoms with Crippen LogP contribution >= 0.6 is 11.3 Å². The number of carbonyl (C=O) groups is 3. The summed E-state index contributed by atoms with van der Waals surface area (Å²) in [7, 11) is 0. The minimum Gasteiger partial charge on any atom is -0.341 e. The lowest BCUT2D eigenvalue weighted by Gasteiger charge is -2.18. The van der Waals surface area contributed by atoms with Crippen molar-refractivity contribution in [2.24, 2.45) is 5.92 Å². The number of hydrogen-bond donors (Lipinski definition) is 2. The highest BCUT2D eigenvalue weighted by molar-refractivity contribution is 7.09. The van der Waals surface area contributed by atoms with Gasteiger partial charge in [0.25, 0.3) is 0 Å². The summed E-state index contributed by atoms with van der Waals surface area (Å²) in [5.74, 6) is -2.45. The Morgan fingerprint density at radius 3 is 2.74 bits per heavy atom. The fourth-order valence-corrected chi connectivity index (χ4v) is 3.40. The molecular weight excluding hydrogens is 366 g/mol. The van der Waals surface area contributed by atoms with Crippen molar-refractivity contribution < 1.29 is 14.4 Å². The number of likely N-dealkylation sites (tertiary alicyclic amines) is 1. The first-order valence-corrected chi connectivity index (χ1v) is 9.19. The van der Waals surface area contributed by atoms with Gasteiger partial charge >= 0.3 is 11.8 Å². The summed E-state index contributed by atoms with van der Waals surface area (Å²) >= 11 is 1.36. The molecule has 3 amide bonds. The number of hydrogen-bond acceptors (Lipinski definition) is 6. The van der Waals surface area contributed by atoms with E-state index in [1.165, 1.54) is 11.3 Å². The van der Waals surface area contributed by atoms with Crippen molar-refractivity contribution in [2.45, 2.75) is 19.0 Å². The molecule has 27 heavy (non-hydrogen) atoms. The number of nitrogens with zero attached hydrogens (tertiary/aromatic N) is 3. The topological polar surface area (TPSA) is 115 Å². The third-order valence-corrected chi connectivity index (χ3v) is 4.98. The summed E-state index contributed by atoms with van der Waals surface area (Å²) in [5, 5.41) is 17.0. The van der Waals surface area contributed by atoms with Gasteiger partial charge in [0.2, 0.25) is 5.91 Å². The van der Waals surface area contributed by atoms with E-state index >= 15 is 0 Å². The van der Waals surface area contributed by atoms with Crippen LogP contribution in [0.5, 0.6) is 0 Å². The highest BCUT2D eigenvalue weighted by Gasteiger charge is 2.40. The Bertz CT molecular complexity index is 863. The van der Waals surface area contributed by atoms with E-state index in [9.17, 15) is 19.6 Å². The first-order valence-electron chi connectivity index (χ1n) is 8.31. The predicted octanol–water partition coefficient (Wildman–Crippen LogP) is 1.14. The monoisotopic (exact) mass is 383 g/mol. The number of rotatable bonds is 4. The number of para-hydroxylation sites is 1. The van der Waals surface area contributed by atoms with Crippen molar-refractivity contribution in [3.05, 3.63) is 46.9 Å². The Kier molecular flexibility index (Phi) is 5.78. The van der Waals surface area contributed by atoms with Crippen molar-refractivity contribution >= 4 is 34.7 Å². The van der Waals surface area contributed by atoms with Crippen LogP contribution in [0.2, 0.25) is 0 Å². The zero-order chi connectivity index (χ0) is 19.2. The first kappa shape index (κ1) is 18.5. The molecule has 1 aromatic heterocycles. The average Bonchev–Trinajstić information content (AvgIpc) is 3.35. The van der Waals surface area contributed by atoms with Gasteiger partial charge in [-0.3, -0.25) is 14.4 Å². The molecule has 0 aliphatic carbocycles. The van der Waals surface area contributed by atoms with Gasteiger partial charge in [0, 0.05) is 23.8 Å². The molecule has 138 valence electrons. The number of benzene rings is 1. The molecule has 0 saturated carbocycles. The standard InChI is InChI=1S/C18H17N5O3S/c19-9-14-8-12(16(24)22-13-4-2-1-3-5-13)11-23(14)18(26)17(25)21-10-15-20-6-7-27-15/h1-7,12,14H,8,10-11H2,(H,21,25)(H,22,24). The highest BCUT2D eigenvalue weighted by Crippen LogP contribution is 2.24. The van der Waals surface area contributed by atoms with E-state index in [1.807, 2.05) is 12.1 Å². The van der Waals surface area contributed by atoms with Gasteiger partial charge in [-0.2, -0.15) is 5.26 Å². The van der Waals surface area contributed by atoms with Crippen molar-refractivity contribution in [2.75, 3.05) is 11.9 Å². The van der Waals surface area contributed by atoms with Gasteiger partial charge in [0.15, 0.2) is 0 Å². The fourth-order valence-electron chi connectivity index (χ4n) is 2.84. The largest absolute Gasteiger partial charge is 0.341 e. The van der Waals surface area contributed by atoms with E-state index in [2.05, 4.69) is 15.6 Å². The van der Waals surface area contributed by atoms with Crippen LogP contribution in [0.3, 0.4) is 0 Å². The Hall–Kier alpha value is -3.25. The van der Waals surface area contributed by atoms with Crippen LogP contribution in [0.4, 0.5) is 5.69 Å². The van der Waals surface area contributed by atoms with Crippen LogP contribution in [-0.2, 0) is 20.9 Å². The first-order chi connectivity index (χ1) is 13.1. The molecule has 2 unspecified atom stereocenters. The number of amides is 3. The maximum Gasteiger partial charge on any atom is 0.312 e. The smallest absolute Gasteiger partial charge is 0.312 e. The second kappa shape index (κ2) is 8.42. The van der Waals surface area contributed by atoms with Crippen molar-refractivity contribution in [3.8, 4) is 6.07 Å². The average molecular weight is 383 g/mol. The van der Waals surface area contributed by atoms with Crippen LogP contribution in [-0.4, -0.2) is 40.2 Å². The maximum atomic E-state index is 12.4. The lowest BCUT2D eigenvalue weighted by atomic mass is 10.1. The van der Waals surface area contributed by atoms with Crippen LogP contribution in [0.15, 0.2) is 41.9 Å². The maximum absolute atomic E-state index is 12.4. The SMILES string of the molecule is N#CC1CC(C(=O)Nc2ccccc2)CN1C(=O)C(=O)NCc1nccs1. The third kappa shape index (κ3) is 4.48. The summed E-state index contributed by atoms with van der Waals surface area (Å²) in [6.45, 7) is 0.172. The third-order valence-electron chi connectivity index (χ3n) is 4.20. The lowest BCUT2D eigenvalue weighted by Crippen LogP contribution is -2.45. The lowest BCUT2D eigenvalue weighted by molar-refractivity contribution is -0.146. The molecule has 8 nitrogen and oxygen atoms in total. The molecule has 1 saturated heterocycles. The summed E-state index contributed by atoms with van der Waals surface area (Å²) in [4.78, 5) is 42.1. The number of thiazole rings is 1. The van der Waals surface area contributed by atoms with Gasteiger partial charge in [-0.1, -0.05) is 18.2 Å². The zero-order valence-corrected chi connectivity index (χ0v) is 15.1. The normalized spacial score (nSPS) is 18.6. The van der Waals surface area contributed by atoms with E-state index in [-0.39, 0.29) is 25.4 Å². The number of nitriles is 1. The molecule has 0 radical (unpaired) electrons. The van der Waals surface area contributed by atoms with Crippen LogP contribution in [0.25, 0.3) is 0 Å². The van der Waals surface area contributed by atoms with Crippen molar-refractivity contribution in [1.29, 1.82) is 5.26 Å². The van der Waals surface area contributed by atoms with E-state index in [0.717, 1.165) is 4.90 Å². The summed E-state index contributed by atoms with van der Waals surface area (Å²) < 4.78 is 0. The van der Waals surface area contributed by atoms with Gasteiger partial charge < -0.3 is 15.5 Å². The summed E-state index contributed by atoms with van der Waals surface area (Å²) in [6, 6.07) is 10.1. The fraction of sp³-hybridized carbons (Fsp3) is 0.278. The number of nitrogens with one attached hydrogen (secondary N) is 2. The molecule has 2 atom stereocenters. The van der Waals surface area contributed by atoms with Gasteiger partial charge in [-0.15, -0.1) is 11.3 Å². The Morgan fingerprint density at radius 2 is 2.07 bits per heavy atom. The zero-order valence-electron chi connectivity index (χ0n) is 14.3. The van der Waals surface area contributed by atoms with Gasteiger partial charge in [-0.05, 0) is 18.6 Å². The molecule has 1 aromatic carbocycles. The van der Waals surface area contributed by atoms with Crippen LogP contribution < -0.4 is 10.6 Å². The summed E-state index contributed by atoms with van der Waals surface area (Å²) in [6.07, 6.45) is 1.80. The molecule has 0 spiro atoms. The molecule has 2 N–H and O–H groups in total. The van der Waals surface area contributed by atoms with E-state index in [0.29, 0.717) is 10.7 Å². The second-order valence-corrected chi connectivity index (χ2v) is 6.98. The molecule has 3 rings (SSSR count). The molecule has 1 fully saturated rings. The van der Waals surface area contributed by atoms with Crippen molar-refractivity contribution in [1.82, 2.24) is 15.2 Å². The van der Waals surface area contributed by atoms with Crippen molar-refractivity contribution in [3.63, 3.8) is 0 Å². The van der Waals surface area contributed by atoms with Crippen LogP contribution in [0, 0.1) is 17.2 Å².